The van der Waals surface area contributed by atoms with Gasteiger partial charge in [0.2, 0.25) is 0 Å². The monoisotopic (exact) mass is 446 g/mol. The first kappa shape index (κ1) is 19.6. The molecule has 0 radical (unpaired) electrons. The number of morpholine rings is 1. The van der Waals surface area contributed by atoms with Crippen molar-refractivity contribution in [1.82, 2.24) is 20.0 Å². The Kier molecular flexibility index (Phi) is 6.13. The average molecular weight is 447 g/mol. The summed E-state index contributed by atoms with van der Waals surface area (Å²) in [6.07, 6.45) is 4.14. The summed E-state index contributed by atoms with van der Waals surface area (Å²) in [6.45, 7) is 6.28. The van der Waals surface area contributed by atoms with Crippen molar-refractivity contribution in [2.45, 2.75) is 38.6 Å². The molecule has 1 aliphatic carbocycles. The molecule has 0 spiro atoms. The van der Waals surface area contributed by atoms with E-state index in [9.17, 15) is 4.79 Å². The van der Waals surface area contributed by atoms with Crippen LogP contribution in [0.25, 0.3) is 5.69 Å². The van der Waals surface area contributed by atoms with Crippen LogP contribution in [0.3, 0.4) is 0 Å². The molecule has 1 amide bonds. The molecule has 1 aromatic carbocycles. The van der Waals surface area contributed by atoms with Gasteiger partial charge in [-0.1, -0.05) is 22.0 Å². The van der Waals surface area contributed by atoms with Crippen molar-refractivity contribution in [1.29, 1.82) is 0 Å². The highest BCUT2D eigenvalue weighted by Gasteiger charge is 2.26. The lowest BCUT2D eigenvalue weighted by Gasteiger charge is -2.29. The highest BCUT2D eigenvalue weighted by molar-refractivity contribution is 9.10. The summed E-state index contributed by atoms with van der Waals surface area (Å²) < 4.78 is 8.37. The maximum atomic E-state index is 13.0. The number of halogens is 1. The molecule has 4 rings (SSSR count). The molecular formula is C21H27BrN4O2. The SMILES string of the molecule is CC(CN1CCOCC1)NC(=O)c1nn(-c2cccc(Br)c2)c2c1CCCC2. The fourth-order valence-electron chi connectivity index (χ4n) is 4.11. The second kappa shape index (κ2) is 8.76. The third-order valence-electron chi connectivity index (χ3n) is 5.46. The third kappa shape index (κ3) is 4.31. The molecule has 150 valence electrons. The van der Waals surface area contributed by atoms with E-state index in [1.807, 2.05) is 28.9 Å². The van der Waals surface area contributed by atoms with Gasteiger partial charge in [-0.05, 0) is 50.8 Å². The van der Waals surface area contributed by atoms with Crippen molar-refractivity contribution in [3.05, 3.63) is 45.7 Å². The second-order valence-corrected chi connectivity index (χ2v) is 8.58. The predicted octanol–water partition coefficient (Wildman–Crippen LogP) is 2.96. The summed E-state index contributed by atoms with van der Waals surface area (Å²) in [6, 6.07) is 8.15. The number of carbonyl (C=O) groups excluding carboxylic acids is 1. The molecular weight excluding hydrogens is 420 g/mol. The Morgan fingerprint density at radius 2 is 2.07 bits per heavy atom. The smallest absolute Gasteiger partial charge is 0.272 e. The number of nitrogens with one attached hydrogen (secondary N) is 1. The molecule has 1 aromatic heterocycles. The van der Waals surface area contributed by atoms with Gasteiger partial charge in [0.1, 0.15) is 0 Å². The number of hydrogen-bond donors (Lipinski definition) is 1. The van der Waals surface area contributed by atoms with Crippen LogP contribution in [0.5, 0.6) is 0 Å². The number of aromatic nitrogens is 2. The van der Waals surface area contributed by atoms with Crippen LogP contribution in [0.2, 0.25) is 0 Å². The fourth-order valence-corrected chi connectivity index (χ4v) is 4.50. The third-order valence-corrected chi connectivity index (χ3v) is 5.95. The van der Waals surface area contributed by atoms with Crippen molar-refractivity contribution in [2.24, 2.45) is 0 Å². The molecule has 1 saturated heterocycles. The first-order valence-electron chi connectivity index (χ1n) is 10.1. The van der Waals surface area contributed by atoms with E-state index in [0.29, 0.717) is 5.69 Å². The van der Waals surface area contributed by atoms with Crippen LogP contribution in [-0.4, -0.2) is 59.5 Å². The van der Waals surface area contributed by atoms with Gasteiger partial charge < -0.3 is 10.1 Å². The maximum absolute atomic E-state index is 13.0. The number of hydrogen-bond acceptors (Lipinski definition) is 4. The van der Waals surface area contributed by atoms with Crippen molar-refractivity contribution >= 4 is 21.8 Å². The van der Waals surface area contributed by atoms with Crippen LogP contribution in [0, 0.1) is 0 Å². The molecule has 2 aromatic rings. The minimum Gasteiger partial charge on any atom is -0.379 e. The Morgan fingerprint density at radius 1 is 1.29 bits per heavy atom. The maximum Gasteiger partial charge on any atom is 0.272 e. The molecule has 2 heterocycles. The van der Waals surface area contributed by atoms with Crippen molar-refractivity contribution in [3.8, 4) is 5.69 Å². The van der Waals surface area contributed by atoms with Gasteiger partial charge in [0.25, 0.3) is 5.91 Å². The molecule has 1 N–H and O–H groups in total. The minimum absolute atomic E-state index is 0.0624. The number of benzene rings is 1. The summed E-state index contributed by atoms with van der Waals surface area (Å²) in [4.78, 5) is 15.4. The lowest BCUT2D eigenvalue weighted by atomic mass is 9.95. The van der Waals surface area contributed by atoms with E-state index in [4.69, 9.17) is 9.84 Å². The molecule has 0 bridgehead atoms. The number of carbonyl (C=O) groups is 1. The lowest BCUT2D eigenvalue weighted by Crippen LogP contribution is -2.46. The van der Waals surface area contributed by atoms with E-state index in [0.717, 1.165) is 74.3 Å². The van der Waals surface area contributed by atoms with E-state index in [1.54, 1.807) is 0 Å². The zero-order valence-electron chi connectivity index (χ0n) is 16.3. The van der Waals surface area contributed by atoms with Crippen LogP contribution in [-0.2, 0) is 17.6 Å². The Morgan fingerprint density at radius 3 is 2.86 bits per heavy atom. The second-order valence-electron chi connectivity index (χ2n) is 7.66. The van der Waals surface area contributed by atoms with Gasteiger partial charge in [0.05, 0.1) is 18.9 Å². The number of fused-ring (bicyclic) bond motifs is 1. The van der Waals surface area contributed by atoms with Crippen LogP contribution < -0.4 is 5.32 Å². The summed E-state index contributed by atoms with van der Waals surface area (Å²) >= 11 is 3.54. The minimum atomic E-state index is -0.0624. The summed E-state index contributed by atoms with van der Waals surface area (Å²) in [5, 5.41) is 7.92. The zero-order valence-corrected chi connectivity index (χ0v) is 17.9. The highest BCUT2D eigenvalue weighted by Crippen LogP contribution is 2.28. The Hall–Kier alpha value is -1.70. The van der Waals surface area contributed by atoms with Gasteiger partial charge >= 0.3 is 0 Å². The quantitative estimate of drug-likeness (QED) is 0.766. The predicted molar refractivity (Wildman–Crippen MR) is 112 cm³/mol. The topological polar surface area (TPSA) is 59.4 Å². The Bertz CT molecular complexity index is 845. The van der Waals surface area contributed by atoms with Crippen LogP contribution in [0.1, 0.15) is 41.5 Å². The number of rotatable bonds is 5. The van der Waals surface area contributed by atoms with Gasteiger partial charge in [-0.2, -0.15) is 5.10 Å². The highest BCUT2D eigenvalue weighted by atomic mass is 79.9. The molecule has 28 heavy (non-hydrogen) atoms. The van der Waals surface area contributed by atoms with E-state index in [2.05, 4.69) is 33.1 Å². The first-order chi connectivity index (χ1) is 13.6. The largest absolute Gasteiger partial charge is 0.379 e. The number of amides is 1. The van der Waals surface area contributed by atoms with Gasteiger partial charge in [0, 0.05) is 41.4 Å². The van der Waals surface area contributed by atoms with Crippen LogP contribution in [0.15, 0.2) is 28.7 Å². The fraction of sp³-hybridized carbons (Fsp3) is 0.524. The molecule has 2 aliphatic rings. The molecule has 1 unspecified atom stereocenters. The number of ether oxygens (including phenoxy) is 1. The molecule has 7 heteroatoms. The summed E-state index contributed by atoms with van der Waals surface area (Å²) in [5.74, 6) is -0.0624. The van der Waals surface area contributed by atoms with Crippen molar-refractivity contribution in [2.75, 3.05) is 32.8 Å². The Labute approximate surface area is 174 Å². The van der Waals surface area contributed by atoms with Gasteiger partial charge in [0.15, 0.2) is 5.69 Å². The number of nitrogens with zero attached hydrogens (tertiary/aromatic N) is 3. The Balaban J connectivity index is 1.54. The van der Waals surface area contributed by atoms with Crippen molar-refractivity contribution in [3.63, 3.8) is 0 Å². The van der Waals surface area contributed by atoms with Gasteiger partial charge in [-0.15, -0.1) is 0 Å². The van der Waals surface area contributed by atoms with E-state index in [1.165, 1.54) is 5.69 Å². The summed E-state index contributed by atoms with van der Waals surface area (Å²) in [7, 11) is 0. The molecule has 1 atom stereocenters. The van der Waals surface area contributed by atoms with E-state index < -0.39 is 0 Å². The van der Waals surface area contributed by atoms with E-state index >= 15 is 0 Å². The standard InChI is InChI=1S/C21H27BrN4O2/c1-15(14-25-9-11-28-12-10-25)23-21(27)20-18-7-2-3-8-19(18)26(24-20)17-6-4-5-16(22)13-17/h4-6,13,15H,2-3,7-12,14H2,1H3,(H,23,27). The van der Waals surface area contributed by atoms with Crippen LogP contribution >= 0.6 is 15.9 Å². The summed E-state index contributed by atoms with van der Waals surface area (Å²) in [5.41, 5.74) is 3.87. The normalized spacial score (nSPS) is 18.5. The zero-order chi connectivity index (χ0) is 19.5. The van der Waals surface area contributed by atoms with E-state index in [-0.39, 0.29) is 11.9 Å². The van der Waals surface area contributed by atoms with Gasteiger partial charge in [-0.3, -0.25) is 9.69 Å². The van der Waals surface area contributed by atoms with Crippen molar-refractivity contribution < 1.29 is 9.53 Å². The van der Waals surface area contributed by atoms with Gasteiger partial charge in [-0.25, -0.2) is 4.68 Å². The van der Waals surface area contributed by atoms with Crippen LogP contribution in [0.4, 0.5) is 0 Å². The average Bonchev–Trinajstić information content (AvgIpc) is 3.08. The molecule has 1 fully saturated rings. The molecule has 6 nitrogen and oxygen atoms in total. The molecule has 1 aliphatic heterocycles. The first-order valence-corrected chi connectivity index (χ1v) is 10.9. The molecule has 0 saturated carbocycles. The lowest BCUT2D eigenvalue weighted by molar-refractivity contribution is 0.0342.